The molecule has 1 aromatic carbocycles. The zero-order valence-electron chi connectivity index (χ0n) is 11.3. The topological polar surface area (TPSA) is 9.23 Å². The van der Waals surface area contributed by atoms with Crippen molar-refractivity contribution in [1.82, 2.24) is 0 Å². The molecule has 0 bridgehead atoms. The van der Waals surface area contributed by atoms with Crippen LogP contribution in [0.4, 0.5) is 8.78 Å². The van der Waals surface area contributed by atoms with Crippen LogP contribution in [0.1, 0.15) is 29.2 Å². The molecule has 0 spiro atoms. The van der Waals surface area contributed by atoms with E-state index in [-0.39, 0.29) is 18.9 Å². The fourth-order valence-electron chi connectivity index (χ4n) is 2.70. The maximum Gasteiger partial charge on any atom is 0.274 e. The quantitative estimate of drug-likeness (QED) is 0.677. The molecule has 0 aliphatic heterocycles. The second-order valence-electron chi connectivity index (χ2n) is 5.32. The zero-order chi connectivity index (χ0) is 14.9. The molecular formula is C16H15BrF2OS. The maximum atomic E-state index is 14.1. The summed E-state index contributed by atoms with van der Waals surface area (Å²) in [5.41, 5.74) is 0.926. The molecule has 1 aliphatic rings. The summed E-state index contributed by atoms with van der Waals surface area (Å²) in [5.74, 6) is -2.87. The van der Waals surface area contributed by atoms with Gasteiger partial charge in [-0.25, -0.2) is 8.78 Å². The van der Waals surface area contributed by atoms with Gasteiger partial charge < -0.3 is 4.74 Å². The molecule has 1 fully saturated rings. The van der Waals surface area contributed by atoms with Crippen LogP contribution >= 0.6 is 27.3 Å². The lowest BCUT2D eigenvalue weighted by atomic mass is 10.1. The highest BCUT2D eigenvalue weighted by molar-refractivity contribution is 9.11. The van der Waals surface area contributed by atoms with Crippen molar-refractivity contribution in [2.24, 2.45) is 0 Å². The second-order valence-corrected chi connectivity index (χ2v) is 7.82. The van der Waals surface area contributed by atoms with Crippen molar-refractivity contribution in [3.63, 3.8) is 0 Å². The molecule has 112 valence electrons. The SMILES string of the molecule is FC1(F)CC(c2ccc(Br)s2)CC1OCc1ccccc1. The maximum absolute atomic E-state index is 14.1. The molecule has 5 heteroatoms. The van der Waals surface area contributed by atoms with Crippen LogP contribution < -0.4 is 0 Å². The molecule has 2 aromatic rings. The smallest absolute Gasteiger partial charge is 0.274 e. The lowest BCUT2D eigenvalue weighted by Crippen LogP contribution is -2.29. The molecule has 2 unspecified atom stereocenters. The summed E-state index contributed by atoms with van der Waals surface area (Å²) in [4.78, 5) is 1.01. The molecule has 2 atom stereocenters. The van der Waals surface area contributed by atoms with Crippen LogP contribution in [0.25, 0.3) is 0 Å². The molecule has 1 aromatic heterocycles. The Morgan fingerprint density at radius 2 is 1.95 bits per heavy atom. The van der Waals surface area contributed by atoms with Crippen molar-refractivity contribution in [2.75, 3.05) is 0 Å². The second kappa shape index (κ2) is 6.15. The molecule has 1 nitrogen and oxygen atoms in total. The Morgan fingerprint density at radius 1 is 1.19 bits per heavy atom. The highest BCUT2D eigenvalue weighted by Crippen LogP contribution is 2.48. The third-order valence-electron chi connectivity index (χ3n) is 3.78. The number of thiophene rings is 1. The largest absolute Gasteiger partial charge is 0.367 e. The Bertz CT molecular complexity index is 599. The molecule has 1 heterocycles. The van der Waals surface area contributed by atoms with Gasteiger partial charge in [0.1, 0.15) is 6.10 Å². The highest BCUT2D eigenvalue weighted by Gasteiger charge is 2.50. The molecule has 0 saturated heterocycles. The van der Waals surface area contributed by atoms with E-state index in [2.05, 4.69) is 15.9 Å². The summed E-state index contributed by atoms with van der Waals surface area (Å²) in [6.45, 7) is 0.238. The molecule has 1 saturated carbocycles. The number of alkyl halides is 2. The van der Waals surface area contributed by atoms with Crippen LogP contribution in [0.5, 0.6) is 0 Å². The van der Waals surface area contributed by atoms with Crippen molar-refractivity contribution in [1.29, 1.82) is 0 Å². The molecule has 0 N–H and O–H groups in total. The summed E-state index contributed by atoms with van der Waals surface area (Å²) < 4.78 is 34.7. The van der Waals surface area contributed by atoms with Crippen molar-refractivity contribution < 1.29 is 13.5 Å². The van der Waals surface area contributed by atoms with E-state index in [0.29, 0.717) is 6.42 Å². The standard InChI is InChI=1S/C16H15BrF2OS/c17-15-7-6-13(21-15)12-8-14(16(18,19)9-12)20-10-11-4-2-1-3-5-11/h1-7,12,14H,8-10H2. The molecule has 0 amide bonds. The number of benzene rings is 1. The summed E-state index contributed by atoms with van der Waals surface area (Å²) >= 11 is 4.91. The summed E-state index contributed by atoms with van der Waals surface area (Å²) in [7, 11) is 0. The lowest BCUT2D eigenvalue weighted by molar-refractivity contribution is -0.122. The van der Waals surface area contributed by atoms with E-state index in [9.17, 15) is 8.78 Å². The van der Waals surface area contributed by atoms with Crippen molar-refractivity contribution >= 4 is 27.3 Å². The summed E-state index contributed by atoms with van der Waals surface area (Å²) in [6, 6.07) is 13.3. The van der Waals surface area contributed by atoms with Gasteiger partial charge >= 0.3 is 0 Å². The molecule has 21 heavy (non-hydrogen) atoms. The average molecular weight is 373 g/mol. The van der Waals surface area contributed by atoms with Crippen LogP contribution in [0, 0.1) is 0 Å². The fourth-order valence-corrected chi connectivity index (χ4v) is 4.24. The van der Waals surface area contributed by atoms with Gasteiger partial charge in [-0.05, 0) is 40.0 Å². The van der Waals surface area contributed by atoms with E-state index >= 15 is 0 Å². The van der Waals surface area contributed by atoms with Crippen molar-refractivity contribution in [3.8, 4) is 0 Å². The van der Waals surface area contributed by atoms with Crippen LogP contribution in [0.15, 0.2) is 46.3 Å². The third kappa shape index (κ3) is 3.52. The summed E-state index contributed by atoms with van der Waals surface area (Å²) in [5, 5.41) is 0. The Labute approximate surface area is 135 Å². The molecule has 3 rings (SSSR count). The zero-order valence-corrected chi connectivity index (χ0v) is 13.7. The number of halogens is 3. The minimum Gasteiger partial charge on any atom is -0.367 e. The first-order valence-electron chi connectivity index (χ1n) is 6.83. The van der Waals surface area contributed by atoms with Gasteiger partial charge in [-0.3, -0.25) is 0 Å². The number of rotatable bonds is 4. The van der Waals surface area contributed by atoms with Crippen molar-refractivity contribution in [3.05, 3.63) is 56.7 Å². The van der Waals surface area contributed by atoms with Crippen molar-refractivity contribution in [2.45, 2.75) is 37.4 Å². The van der Waals surface area contributed by atoms with Gasteiger partial charge in [-0.1, -0.05) is 30.3 Å². The molecule has 0 radical (unpaired) electrons. The van der Waals surface area contributed by atoms with Gasteiger partial charge in [0.25, 0.3) is 5.92 Å². The minimum atomic E-state index is -2.75. The van der Waals surface area contributed by atoms with Crippen LogP contribution in [0.3, 0.4) is 0 Å². The van der Waals surface area contributed by atoms with Gasteiger partial charge in [0.2, 0.25) is 0 Å². The molecular weight excluding hydrogens is 358 g/mol. The monoisotopic (exact) mass is 372 g/mol. The first-order chi connectivity index (χ1) is 10.0. The van der Waals surface area contributed by atoms with E-state index in [0.717, 1.165) is 14.2 Å². The highest BCUT2D eigenvalue weighted by atomic mass is 79.9. The van der Waals surface area contributed by atoms with E-state index < -0.39 is 12.0 Å². The molecule has 1 aliphatic carbocycles. The van der Waals surface area contributed by atoms with Gasteiger partial charge in [0.05, 0.1) is 10.4 Å². The van der Waals surface area contributed by atoms with E-state index in [1.807, 2.05) is 42.5 Å². The fraction of sp³-hybridized carbons (Fsp3) is 0.375. The van der Waals surface area contributed by atoms with Gasteiger partial charge in [0.15, 0.2) is 0 Å². The first kappa shape index (κ1) is 15.1. The Balaban J connectivity index is 1.65. The first-order valence-corrected chi connectivity index (χ1v) is 8.44. The predicted molar refractivity (Wildman–Crippen MR) is 84.0 cm³/mol. The Hall–Kier alpha value is -0.780. The van der Waals surface area contributed by atoms with Gasteiger partial charge in [0, 0.05) is 17.2 Å². The Kier molecular flexibility index (Phi) is 4.43. The van der Waals surface area contributed by atoms with Gasteiger partial charge in [-0.15, -0.1) is 11.3 Å². The van der Waals surface area contributed by atoms with E-state index in [1.165, 1.54) is 11.3 Å². The van der Waals surface area contributed by atoms with Crippen LogP contribution in [0.2, 0.25) is 0 Å². The number of ether oxygens (including phenoxy) is 1. The predicted octanol–water partition coefficient (Wildman–Crippen LogP) is 5.61. The number of hydrogen-bond acceptors (Lipinski definition) is 2. The van der Waals surface area contributed by atoms with E-state index in [4.69, 9.17) is 4.74 Å². The third-order valence-corrected chi connectivity index (χ3v) is 5.56. The number of hydrogen-bond donors (Lipinski definition) is 0. The van der Waals surface area contributed by atoms with Gasteiger partial charge in [-0.2, -0.15) is 0 Å². The Morgan fingerprint density at radius 3 is 2.62 bits per heavy atom. The van der Waals surface area contributed by atoms with Crippen LogP contribution in [-0.2, 0) is 11.3 Å². The summed E-state index contributed by atoms with van der Waals surface area (Å²) in [6.07, 6.45) is -0.741. The van der Waals surface area contributed by atoms with Crippen LogP contribution in [-0.4, -0.2) is 12.0 Å². The normalized spacial score (nSPS) is 24.3. The minimum absolute atomic E-state index is 0.114. The lowest BCUT2D eigenvalue weighted by Gasteiger charge is -2.19. The average Bonchev–Trinajstić information content (AvgIpc) is 3.01. The van der Waals surface area contributed by atoms with E-state index in [1.54, 1.807) is 0 Å².